The van der Waals surface area contributed by atoms with Crippen LogP contribution in [0.1, 0.15) is 0 Å². The molecule has 2 heteroatoms. The zero-order chi connectivity index (χ0) is 38.4. The lowest BCUT2D eigenvalue weighted by molar-refractivity contribution is 1.18. The Hall–Kier alpha value is -7.68. The molecule has 0 aliphatic heterocycles. The molecule has 2 nitrogen and oxygen atoms in total. The van der Waals surface area contributed by atoms with Gasteiger partial charge in [-0.15, -0.1) is 0 Å². The summed E-state index contributed by atoms with van der Waals surface area (Å²) < 4.78 is 2.49. The second-order valence-electron chi connectivity index (χ2n) is 15.0. The minimum atomic E-state index is 1.09. The van der Waals surface area contributed by atoms with E-state index in [2.05, 4.69) is 240 Å². The molecular formula is C56H38N2. The number of para-hydroxylation sites is 2. The molecule has 11 rings (SSSR count). The van der Waals surface area contributed by atoms with Crippen LogP contribution in [0.2, 0.25) is 0 Å². The molecule has 0 saturated carbocycles. The molecule has 1 heterocycles. The van der Waals surface area contributed by atoms with Crippen molar-refractivity contribution in [1.82, 2.24) is 4.57 Å². The van der Waals surface area contributed by atoms with E-state index in [1.165, 1.54) is 71.2 Å². The van der Waals surface area contributed by atoms with Gasteiger partial charge in [0.25, 0.3) is 0 Å². The molecule has 0 radical (unpaired) electrons. The van der Waals surface area contributed by atoms with Crippen molar-refractivity contribution in [2.75, 3.05) is 4.90 Å². The Bertz CT molecular complexity index is 3270. The van der Waals surface area contributed by atoms with Gasteiger partial charge < -0.3 is 9.47 Å². The average molecular weight is 739 g/mol. The third kappa shape index (κ3) is 5.82. The Balaban J connectivity index is 1.16. The van der Waals surface area contributed by atoms with E-state index in [0.717, 1.165) is 28.3 Å². The maximum absolute atomic E-state index is 2.49. The molecule has 0 spiro atoms. The highest BCUT2D eigenvalue weighted by molar-refractivity contribution is 6.11. The Morgan fingerprint density at radius 1 is 0.293 bits per heavy atom. The predicted octanol–water partition coefficient (Wildman–Crippen LogP) is 15.6. The van der Waals surface area contributed by atoms with Gasteiger partial charge in [0.15, 0.2) is 0 Å². The molecule has 0 aliphatic rings. The summed E-state index contributed by atoms with van der Waals surface area (Å²) in [7, 11) is 0. The predicted molar refractivity (Wildman–Crippen MR) is 247 cm³/mol. The standard InChI is InChI=1S/C56H38N2/c1-3-14-39(15-4-1)42-30-32-48(33-31-42)57(47-20-5-2-6-21-47)49-34-35-52-51-22-11-12-24-53(51)58(55(52)38-49)54-25-13-23-50(45-28-26-40-16-7-9-18-43(40)36-45)56(54)46-29-27-41-17-8-10-19-44(41)37-46/h1-38H. The van der Waals surface area contributed by atoms with E-state index < -0.39 is 0 Å². The largest absolute Gasteiger partial charge is 0.310 e. The minimum Gasteiger partial charge on any atom is -0.310 e. The van der Waals surface area contributed by atoms with Gasteiger partial charge in [0.1, 0.15) is 0 Å². The summed E-state index contributed by atoms with van der Waals surface area (Å²) in [6, 6.07) is 83.8. The first-order chi connectivity index (χ1) is 28.8. The molecule has 0 atom stereocenters. The van der Waals surface area contributed by atoms with Crippen LogP contribution in [-0.4, -0.2) is 4.57 Å². The Kier molecular flexibility index (Phi) is 8.19. The normalized spacial score (nSPS) is 11.4. The lowest BCUT2D eigenvalue weighted by Gasteiger charge is -2.26. The molecule has 272 valence electrons. The van der Waals surface area contributed by atoms with Crippen LogP contribution in [0.4, 0.5) is 17.1 Å². The summed E-state index contributed by atoms with van der Waals surface area (Å²) in [6.07, 6.45) is 0. The molecule has 1 aromatic heterocycles. The number of fused-ring (bicyclic) bond motifs is 5. The molecule has 0 saturated heterocycles. The first kappa shape index (κ1) is 33.6. The van der Waals surface area contributed by atoms with Crippen molar-refractivity contribution in [3.8, 4) is 39.1 Å². The number of aromatic nitrogens is 1. The van der Waals surface area contributed by atoms with Gasteiger partial charge in [0, 0.05) is 33.4 Å². The number of hydrogen-bond donors (Lipinski definition) is 0. The van der Waals surface area contributed by atoms with Crippen molar-refractivity contribution in [3.63, 3.8) is 0 Å². The SMILES string of the molecule is c1ccc(-c2ccc(N(c3ccccc3)c3ccc4c5ccccc5n(-c5cccc(-c6ccc7ccccc7c6)c5-c5ccc6ccccc6c5)c4c3)cc2)cc1. The summed E-state index contributed by atoms with van der Waals surface area (Å²) in [5.41, 5.74) is 13.9. The van der Waals surface area contributed by atoms with E-state index in [0.29, 0.717) is 0 Å². The maximum Gasteiger partial charge on any atom is 0.0562 e. The van der Waals surface area contributed by atoms with Crippen LogP contribution in [-0.2, 0) is 0 Å². The van der Waals surface area contributed by atoms with E-state index >= 15 is 0 Å². The van der Waals surface area contributed by atoms with Crippen molar-refractivity contribution in [1.29, 1.82) is 0 Å². The first-order valence-corrected chi connectivity index (χ1v) is 19.9. The van der Waals surface area contributed by atoms with Gasteiger partial charge >= 0.3 is 0 Å². The minimum absolute atomic E-state index is 1.09. The fourth-order valence-electron chi connectivity index (χ4n) is 8.79. The molecule has 0 bridgehead atoms. The van der Waals surface area contributed by atoms with Crippen LogP contribution < -0.4 is 4.90 Å². The van der Waals surface area contributed by atoms with Gasteiger partial charge in [-0.1, -0.05) is 170 Å². The van der Waals surface area contributed by atoms with Crippen LogP contribution in [0.25, 0.3) is 82.4 Å². The maximum atomic E-state index is 2.49. The molecule has 0 N–H and O–H groups in total. The zero-order valence-electron chi connectivity index (χ0n) is 31.8. The fourth-order valence-corrected chi connectivity index (χ4v) is 8.79. The summed E-state index contributed by atoms with van der Waals surface area (Å²) in [6.45, 7) is 0. The van der Waals surface area contributed by atoms with Crippen molar-refractivity contribution >= 4 is 60.4 Å². The Morgan fingerprint density at radius 2 is 0.828 bits per heavy atom. The highest BCUT2D eigenvalue weighted by Crippen LogP contribution is 2.44. The Morgan fingerprint density at radius 3 is 1.57 bits per heavy atom. The third-order valence-corrected chi connectivity index (χ3v) is 11.5. The summed E-state index contributed by atoms with van der Waals surface area (Å²) in [5, 5.41) is 7.36. The molecule has 0 unspecified atom stereocenters. The highest BCUT2D eigenvalue weighted by Gasteiger charge is 2.21. The molecule has 0 fully saturated rings. The van der Waals surface area contributed by atoms with Gasteiger partial charge in [0.05, 0.1) is 16.7 Å². The van der Waals surface area contributed by atoms with E-state index in [1.807, 2.05) is 0 Å². The molecule has 10 aromatic carbocycles. The third-order valence-electron chi connectivity index (χ3n) is 11.5. The van der Waals surface area contributed by atoms with Crippen LogP contribution in [0.3, 0.4) is 0 Å². The number of benzene rings is 10. The summed E-state index contributed by atoms with van der Waals surface area (Å²) in [4.78, 5) is 2.37. The van der Waals surface area contributed by atoms with Crippen LogP contribution in [0.5, 0.6) is 0 Å². The molecule has 58 heavy (non-hydrogen) atoms. The van der Waals surface area contributed by atoms with Crippen molar-refractivity contribution in [2.24, 2.45) is 0 Å². The zero-order valence-corrected chi connectivity index (χ0v) is 31.8. The second kappa shape index (κ2) is 14.1. The van der Waals surface area contributed by atoms with Gasteiger partial charge in [0.2, 0.25) is 0 Å². The van der Waals surface area contributed by atoms with Gasteiger partial charge in [-0.2, -0.15) is 0 Å². The smallest absolute Gasteiger partial charge is 0.0562 e. The first-order valence-electron chi connectivity index (χ1n) is 19.9. The highest BCUT2D eigenvalue weighted by atomic mass is 15.1. The monoisotopic (exact) mass is 738 g/mol. The fraction of sp³-hybridized carbons (Fsp3) is 0. The van der Waals surface area contributed by atoms with Crippen LogP contribution >= 0.6 is 0 Å². The van der Waals surface area contributed by atoms with Crippen LogP contribution in [0, 0.1) is 0 Å². The van der Waals surface area contributed by atoms with Crippen molar-refractivity contribution in [2.45, 2.75) is 0 Å². The average Bonchev–Trinajstić information content (AvgIpc) is 3.63. The van der Waals surface area contributed by atoms with Crippen molar-refractivity contribution < 1.29 is 0 Å². The van der Waals surface area contributed by atoms with Crippen molar-refractivity contribution in [3.05, 3.63) is 231 Å². The van der Waals surface area contributed by atoms with E-state index in [1.54, 1.807) is 0 Å². The second-order valence-corrected chi connectivity index (χ2v) is 15.0. The van der Waals surface area contributed by atoms with Gasteiger partial charge in [-0.05, 0) is 110 Å². The summed E-state index contributed by atoms with van der Waals surface area (Å²) in [5.74, 6) is 0. The lowest BCUT2D eigenvalue weighted by Crippen LogP contribution is -2.10. The van der Waals surface area contributed by atoms with E-state index in [4.69, 9.17) is 0 Å². The van der Waals surface area contributed by atoms with Gasteiger partial charge in [-0.25, -0.2) is 0 Å². The van der Waals surface area contributed by atoms with E-state index in [9.17, 15) is 0 Å². The quantitative estimate of drug-likeness (QED) is 0.158. The van der Waals surface area contributed by atoms with Crippen LogP contribution in [0.15, 0.2) is 231 Å². The lowest BCUT2D eigenvalue weighted by atomic mass is 9.90. The number of rotatable bonds is 7. The number of nitrogens with zero attached hydrogens (tertiary/aromatic N) is 2. The molecule has 0 aliphatic carbocycles. The molecule has 0 amide bonds. The summed E-state index contributed by atoms with van der Waals surface area (Å²) >= 11 is 0. The number of hydrogen-bond acceptors (Lipinski definition) is 1. The number of anilines is 3. The molecular weight excluding hydrogens is 701 g/mol. The molecule has 11 aromatic rings. The Labute approximate surface area is 338 Å². The topological polar surface area (TPSA) is 8.17 Å². The van der Waals surface area contributed by atoms with Gasteiger partial charge in [-0.3, -0.25) is 0 Å². The van der Waals surface area contributed by atoms with E-state index in [-0.39, 0.29) is 0 Å².